The van der Waals surface area contributed by atoms with Crippen LogP contribution in [-0.4, -0.2) is 13.6 Å². The van der Waals surface area contributed by atoms with Gasteiger partial charge in [-0.25, -0.2) is 8.42 Å². The lowest BCUT2D eigenvalue weighted by molar-refractivity contribution is 0.460. The molecule has 1 heterocycles. The summed E-state index contributed by atoms with van der Waals surface area (Å²) < 4.78 is 27.0. The highest BCUT2D eigenvalue weighted by molar-refractivity contribution is 8.13. The molecule has 2 rings (SSSR count). The van der Waals surface area contributed by atoms with Crippen LogP contribution in [0.1, 0.15) is 0 Å². The molecular weight excluding hydrogens is 263 g/mol. The second-order valence-corrected chi connectivity index (χ2v) is 5.73. The average Bonchev–Trinajstić information content (AvgIpc) is 2.44. The Morgan fingerprint density at radius 2 is 2.07 bits per heavy atom. The molecule has 0 saturated carbocycles. The van der Waals surface area contributed by atoms with Crippen molar-refractivity contribution in [2.45, 2.75) is 4.90 Å². The van der Waals surface area contributed by atoms with E-state index in [1.54, 1.807) is 0 Å². The average molecular weight is 267 g/mol. The third-order valence-corrected chi connectivity index (χ3v) is 3.60. The lowest BCUT2D eigenvalue weighted by atomic mass is 10.2. The van der Waals surface area contributed by atoms with Crippen LogP contribution in [0.5, 0.6) is 0 Å². The number of fused-ring (bicyclic) bond motifs is 1. The van der Waals surface area contributed by atoms with Crippen LogP contribution in [0.25, 0.3) is 11.0 Å². The van der Waals surface area contributed by atoms with Gasteiger partial charge in [0.05, 0.1) is 10.4 Å². The predicted octanol–water partition coefficient (Wildman–Crippen LogP) is 1.99. The third kappa shape index (κ3) is 1.75. The number of halogens is 2. The summed E-state index contributed by atoms with van der Waals surface area (Å²) in [6.07, 6.45) is 0. The number of aromatic nitrogens is 1. The van der Waals surface area contributed by atoms with Crippen molar-refractivity contribution in [2.24, 2.45) is 0 Å². The zero-order valence-electron chi connectivity index (χ0n) is 7.07. The monoisotopic (exact) mass is 266 g/mol. The van der Waals surface area contributed by atoms with Gasteiger partial charge in [0.15, 0.2) is 11.4 Å². The normalized spacial score (nSPS) is 12.1. The Morgan fingerprint density at radius 1 is 1.40 bits per heavy atom. The van der Waals surface area contributed by atoms with Gasteiger partial charge in [0, 0.05) is 16.7 Å². The molecule has 0 aliphatic rings. The molecule has 0 fully saturated rings. The van der Waals surface area contributed by atoms with E-state index < -0.39 is 9.05 Å². The topological polar surface area (TPSA) is 86.2 Å². The summed E-state index contributed by atoms with van der Waals surface area (Å²) in [6.45, 7) is 0. The highest BCUT2D eigenvalue weighted by atomic mass is 35.7. The van der Waals surface area contributed by atoms with Gasteiger partial charge in [-0.3, -0.25) is 0 Å². The first-order valence-electron chi connectivity index (χ1n) is 3.68. The summed E-state index contributed by atoms with van der Waals surface area (Å²) in [5.41, 5.74) is 5.76. The molecule has 0 radical (unpaired) electrons. The van der Waals surface area contributed by atoms with Gasteiger partial charge in [-0.1, -0.05) is 16.8 Å². The lowest BCUT2D eigenvalue weighted by Crippen LogP contribution is -1.92. The molecule has 0 atom stereocenters. The van der Waals surface area contributed by atoms with E-state index in [1.807, 2.05) is 0 Å². The maximum absolute atomic E-state index is 11.1. The van der Waals surface area contributed by atoms with Crippen LogP contribution in [0.4, 0.5) is 5.82 Å². The molecule has 0 amide bonds. The number of nitrogen functional groups attached to an aromatic ring is 1. The van der Waals surface area contributed by atoms with Crippen molar-refractivity contribution in [1.29, 1.82) is 0 Å². The molecule has 8 heteroatoms. The first-order chi connectivity index (χ1) is 6.89. The smallest absolute Gasteiger partial charge is 0.262 e. The van der Waals surface area contributed by atoms with Crippen LogP contribution in [0.3, 0.4) is 0 Å². The summed E-state index contributed by atoms with van der Waals surface area (Å²) >= 11 is 5.70. The molecule has 0 spiro atoms. The number of benzene rings is 1. The molecule has 1 aromatic carbocycles. The molecule has 2 N–H and O–H groups in total. The molecule has 0 unspecified atom stereocenters. The summed E-state index contributed by atoms with van der Waals surface area (Å²) in [7, 11) is 1.28. The van der Waals surface area contributed by atoms with Crippen LogP contribution < -0.4 is 5.73 Å². The van der Waals surface area contributed by atoms with Crippen molar-refractivity contribution < 1.29 is 12.9 Å². The van der Waals surface area contributed by atoms with Crippen molar-refractivity contribution in [3.8, 4) is 0 Å². The lowest BCUT2D eigenvalue weighted by Gasteiger charge is -1.98. The molecule has 0 saturated heterocycles. The van der Waals surface area contributed by atoms with Crippen molar-refractivity contribution in [3.63, 3.8) is 0 Å². The van der Waals surface area contributed by atoms with Crippen LogP contribution >= 0.6 is 22.3 Å². The molecule has 15 heavy (non-hydrogen) atoms. The molecule has 1 aromatic heterocycles. The summed E-state index contributed by atoms with van der Waals surface area (Å²) in [6, 6.07) is 2.53. The minimum absolute atomic E-state index is 0.0337. The minimum Gasteiger partial charge on any atom is -0.380 e. The SMILES string of the molecule is Nc1noc2cc(Cl)c(S(=O)(=O)Cl)cc12. The Labute approximate surface area is 94.2 Å². The van der Waals surface area contributed by atoms with E-state index in [2.05, 4.69) is 5.16 Å². The first-order valence-corrected chi connectivity index (χ1v) is 6.37. The number of nitrogens with two attached hydrogens (primary N) is 1. The Morgan fingerprint density at radius 3 is 2.67 bits per heavy atom. The van der Waals surface area contributed by atoms with E-state index in [1.165, 1.54) is 12.1 Å². The summed E-state index contributed by atoms with van der Waals surface area (Å²) in [5, 5.41) is 3.79. The van der Waals surface area contributed by atoms with Crippen LogP contribution in [0.15, 0.2) is 21.6 Å². The number of hydrogen-bond acceptors (Lipinski definition) is 5. The molecule has 0 bridgehead atoms. The Kier molecular flexibility index (Phi) is 2.29. The first kappa shape index (κ1) is 10.5. The van der Waals surface area contributed by atoms with Crippen LogP contribution in [0.2, 0.25) is 5.02 Å². The van der Waals surface area contributed by atoms with E-state index in [-0.39, 0.29) is 15.7 Å². The van der Waals surface area contributed by atoms with Crippen LogP contribution in [0, 0.1) is 0 Å². The Hall–Kier alpha value is -0.980. The molecule has 0 aliphatic heterocycles. The second kappa shape index (κ2) is 3.26. The molecule has 5 nitrogen and oxygen atoms in total. The van der Waals surface area contributed by atoms with Gasteiger partial charge in [-0.15, -0.1) is 0 Å². The van der Waals surface area contributed by atoms with Crippen molar-refractivity contribution in [2.75, 3.05) is 5.73 Å². The van der Waals surface area contributed by atoms with Gasteiger partial charge in [0.1, 0.15) is 4.90 Å². The zero-order valence-corrected chi connectivity index (χ0v) is 9.40. The van der Waals surface area contributed by atoms with Crippen LogP contribution in [-0.2, 0) is 9.05 Å². The van der Waals surface area contributed by atoms with E-state index in [9.17, 15) is 8.42 Å². The molecule has 80 valence electrons. The quantitative estimate of drug-likeness (QED) is 0.798. The largest absolute Gasteiger partial charge is 0.380 e. The fourth-order valence-electron chi connectivity index (χ4n) is 1.15. The second-order valence-electron chi connectivity index (χ2n) is 2.78. The fourth-order valence-corrected chi connectivity index (χ4v) is 2.66. The molecule has 2 aromatic rings. The van der Waals surface area contributed by atoms with E-state index in [0.29, 0.717) is 11.0 Å². The van der Waals surface area contributed by atoms with Gasteiger partial charge in [-0.05, 0) is 6.07 Å². The van der Waals surface area contributed by atoms with E-state index in [4.69, 9.17) is 32.5 Å². The maximum atomic E-state index is 11.1. The van der Waals surface area contributed by atoms with Gasteiger partial charge in [-0.2, -0.15) is 0 Å². The van der Waals surface area contributed by atoms with E-state index >= 15 is 0 Å². The van der Waals surface area contributed by atoms with Gasteiger partial charge < -0.3 is 10.3 Å². The van der Waals surface area contributed by atoms with Crippen molar-refractivity contribution >= 4 is 48.1 Å². The van der Waals surface area contributed by atoms with Gasteiger partial charge >= 0.3 is 0 Å². The summed E-state index contributed by atoms with van der Waals surface area (Å²) in [5.74, 6) is 0.0863. The number of nitrogens with zero attached hydrogens (tertiary/aromatic N) is 1. The maximum Gasteiger partial charge on any atom is 0.262 e. The standard InChI is InChI=1S/C7H4Cl2N2O3S/c8-4-2-5-3(7(10)11-14-5)1-6(4)15(9,12)13/h1-2H,(H2,10,11). The number of hydrogen-bond donors (Lipinski definition) is 1. The Bertz CT molecular complexity index is 635. The van der Waals surface area contributed by atoms with Gasteiger partial charge in [0.2, 0.25) is 0 Å². The zero-order chi connectivity index (χ0) is 11.2. The highest BCUT2D eigenvalue weighted by Crippen LogP contribution is 2.31. The predicted molar refractivity (Wildman–Crippen MR) is 56.5 cm³/mol. The van der Waals surface area contributed by atoms with Crippen molar-refractivity contribution in [1.82, 2.24) is 5.16 Å². The third-order valence-electron chi connectivity index (χ3n) is 1.82. The van der Waals surface area contributed by atoms with Crippen molar-refractivity contribution in [3.05, 3.63) is 17.2 Å². The number of rotatable bonds is 1. The van der Waals surface area contributed by atoms with Gasteiger partial charge in [0.25, 0.3) is 9.05 Å². The molecule has 0 aliphatic carbocycles. The Balaban J connectivity index is 2.88. The highest BCUT2D eigenvalue weighted by Gasteiger charge is 2.18. The number of anilines is 1. The minimum atomic E-state index is -3.90. The van der Waals surface area contributed by atoms with E-state index in [0.717, 1.165) is 0 Å². The molecular formula is C7H4Cl2N2O3S. The fraction of sp³-hybridized carbons (Fsp3) is 0. The summed E-state index contributed by atoms with van der Waals surface area (Å²) in [4.78, 5) is -0.215.